The van der Waals surface area contributed by atoms with Crippen LogP contribution in [0, 0.1) is 11.2 Å². The lowest BCUT2D eigenvalue weighted by Crippen LogP contribution is -2.48. The summed E-state index contributed by atoms with van der Waals surface area (Å²) in [5.41, 5.74) is -0.829. The van der Waals surface area contributed by atoms with Crippen molar-refractivity contribution in [3.8, 4) is 0 Å². The van der Waals surface area contributed by atoms with Crippen LogP contribution >= 0.6 is 23.2 Å². The summed E-state index contributed by atoms with van der Waals surface area (Å²) in [7, 11) is 0. The zero-order chi connectivity index (χ0) is 16.0. The van der Waals surface area contributed by atoms with Crippen LogP contribution in [0.4, 0.5) is 10.2 Å². The van der Waals surface area contributed by atoms with Gasteiger partial charge >= 0.3 is 0 Å². The number of aromatic nitrogens is 1. The van der Waals surface area contributed by atoms with Gasteiger partial charge in [0.1, 0.15) is 16.0 Å². The van der Waals surface area contributed by atoms with E-state index in [1.54, 1.807) is 11.8 Å². The first-order chi connectivity index (χ1) is 10.3. The van der Waals surface area contributed by atoms with Crippen molar-refractivity contribution < 1.29 is 13.9 Å². The quantitative estimate of drug-likeness (QED) is 0.788. The zero-order valence-corrected chi connectivity index (χ0v) is 13.7. The van der Waals surface area contributed by atoms with E-state index >= 15 is 0 Å². The van der Waals surface area contributed by atoms with E-state index < -0.39 is 15.6 Å². The standard InChI is InChI=1S/C15H17Cl2FN2O2/c1-14(9-15(14,16)17)13(21)20(11-4-6-22-7-5-11)12-3-2-10(18)8-19-12/h2-3,8,11H,4-7,9H2,1H3/t14-/m1/s1. The maximum Gasteiger partial charge on any atom is 0.237 e. The number of pyridine rings is 1. The van der Waals surface area contributed by atoms with Gasteiger partial charge in [-0.05, 0) is 38.3 Å². The number of anilines is 1. The number of rotatable bonds is 3. The second kappa shape index (κ2) is 5.62. The van der Waals surface area contributed by atoms with Crippen molar-refractivity contribution in [2.45, 2.75) is 36.6 Å². The molecule has 0 aromatic carbocycles. The Morgan fingerprint density at radius 2 is 2.05 bits per heavy atom. The monoisotopic (exact) mass is 346 g/mol. The molecule has 7 heteroatoms. The van der Waals surface area contributed by atoms with Crippen LogP contribution in [-0.2, 0) is 9.53 Å². The van der Waals surface area contributed by atoms with E-state index in [0.717, 1.165) is 6.20 Å². The third-order valence-corrected chi connectivity index (χ3v) is 5.56. The van der Waals surface area contributed by atoms with Crippen LogP contribution in [0.2, 0.25) is 0 Å². The predicted molar refractivity (Wildman–Crippen MR) is 82.7 cm³/mol. The summed E-state index contributed by atoms with van der Waals surface area (Å²) in [6.07, 6.45) is 2.93. The van der Waals surface area contributed by atoms with Crippen LogP contribution in [0.1, 0.15) is 26.2 Å². The van der Waals surface area contributed by atoms with Crippen molar-refractivity contribution in [1.29, 1.82) is 0 Å². The highest BCUT2D eigenvalue weighted by Crippen LogP contribution is 2.64. The molecule has 1 saturated heterocycles. The molecule has 2 heterocycles. The highest BCUT2D eigenvalue weighted by molar-refractivity contribution is 6.53. The fraction of sp³-hybridized carbons (Fsp3) is 0.600. The Bertz CT molecular complexity index is 575. The number of carbonyl (C=O) groups excluding carboxylic acids is 1. The van der Waals surface area contributed by atoms with Crippen LogP contribution in [0.15, 0.2) is 18.3 Å². The Hall–Kier alpha value is -0.910. The summed E-state index contributed by atoms with van der Waals surface area (Å²) < 4.78 is 17.4. The number of alkyl halides is 2. The van der Waals surface area contributed by atoms with Crippen LogP contribution in [0.5, 0.6) is 0 Å². The van der Waals surface area contributed by atoms with E-state index in [9.17, 15) is 9.18 Å². The third-order valence-electron chi connectivity index (χ3n) is 4.46. The fourth-order valence-corrected chi connectivity index (χ4v) is 3.50. The van der Waals surface area contributed by atoms with Crippen molar-refractivity contribution >= 4 is 34.9 Å². The number of amides is 1. The van der Waals surface area contributed by atoms with Gasteiger partial charge in [-0.2, -0.15) is 0 Å². The van der Waals surface area contributed by atoms with Gasteiger partial charge in [-0.25, -0.2) is 9.37 Å². The van der Waals surface area contributed by atoms with Gasteiger partial charge in [0, 0.05) is 19.3 Å². The molecule has 0 unspecified atom stereocenters. The van der Waals surface area contributed by atoms with Crippen molar-refractivity contribution in [2.75, 3.05) is 18.1 Å². The third kappa shape index (κ3) is 2.70. The fourth-order valence-electron chi connectivity index (χ4n) is 2.81. The van der Waals surface area contributed by atoms with Crippen molar-refractivity contribution in [1.82, 2.24) is 4.98 Å². The van der Waals surface area contributed by atoms with Gasteiger partial charge < -0.3 is 4.74 Å². The molecule has 3 rings (SSSR count). The summed E-state index contributed by atoms with van der Waals surface area (Å²) in [4.78, 5) is 18.7. The van der Waals surface area contributed by atoms with E-state index in [4.69, 9.17) is 27.9 Å². The van der Waals surface area contributed by atoms with Crippen LogP contribution < -0.4 is 4.90 Å². The average Bonchev–Trinajstić information content (AvgIpc) is 3.02. The molecule has 1 saturated carbocycles. The second-order valence-electron chi connectivity index (χ2n) is 6.07. The molecule has 0 radical (unpaired) electrons. The molecular formula is C15H17Cl2FN2O2. The van der Waals surface area contributed by atoms with E-state index in [2.05, 4.69) is 4.98 Å². The first kappa shape index (κ1) is 16.0. The summed E-state index contributed by atoms with van der Waals surface area (Å²) in [6, 6.07) is 2.77. The molecule has 120 valence electrons. The molecule has 0 spiro atoms. The minimum absolute atomic E-state index is 0.0410. The second-order valence-corrected chi connectivity index (χ2v) is 7.55. The highest BCUT2D eigenvalue weighted by atomic mass is 35.5. The number of hydrogen-bond acceptors (Lipinski definition) is 3. The first-order valence-corrected chi connectivity index (χ1v) is 8.01. The van der Waals surface area contributed by atoms with Gasteiger partial charge in [0.2, 0.25) is 5.91 Å². The molecule has 4 nitrogen and oxygen atoms in total. The zero-order valence-electron chi connectivity index (χ0n) is 12.2. The molecule has 2 aliphatic rings. The topological polar surface area (TPSA) is 42.4 Å². The molecule has 2 fully saturated rings. The lowest BCUT2D eigenvalue weighted by molar-refractivity contribution is -0.124. The molecule has 1 aromatic rings. The normalized spacial score (nSPS) is 27.5. The van der Waals surface area contributed by atoms with E-state index in [-0.39, 0.29) is 11.9 Å². The average molecular weight is 347 g/mol. The Kier molecular flexibility index (Phi) is 4.08. The summed E-state index contributed by atoms with van der Waals surface area (Å²) >= 11 is 12.3. The summed E-state index contributed by atoms with van der Waals surface area (Å²) in [5, 5.41) is 0. The minimum atomic E-state index is -1.05. The van der Waals surface area contributed by atoms with Gasteiger partial charge in [-0.1, -0.05) is 0 Å². The summed E-state index contributed by atoms with van der Waals surface area (Å²) in [5.74, 6) is -0.177. The molecule has 1 aliphatic carbocycles. The Morgan fingerprint density at radius 1 is 1.41 bits per heavy atom. The SMILES string of the molecule is C[C@]1(C(=O)N(c2ccc(F)cn2)C2CCOCC2)CC1(Cl)Cl. The highest BCUT2D eigenvalue weighted by Gasteiger charge is 2.69. The van der Waals surface area contributed by atoms with Gasteiger partial charge in [-0.15, -0.1) is 23.2 Å². The van der Waals surface area contributed by atoms with Crippen molar-refractivity contribution in [3.05, 3.63) is 24.1 Å². The van der Waals surface area contributed by atoms with Crippen LogP contribution in [-0.4, -0.2) is 34.5 Å². The smallest absolute Gasteiger partial charge is 0.237 e. The van der Waals surface area contributed by atoms with E-state index in [1.165, 1.54) is 12.1 Å². The molecule has 1 amide bonds. The summed E-state index contributed by atoms with van der Waals surface area (Å²) in [6.45, 7) is 2.92. The molecule has 1 aromatic heterocycles. The minimum Gasteiger partial charge on any atom is -0.381 e. The first-order valence-electron chi connectivity index (χ1n) is 7.26. The predicted octanol–water partition coefficient (Wildman–Crippen LogP) is 3.32. The van der Waals surface area contributed by atoms with E-state index in [1.807, 2.05) is 0 Å². The number of carbonyl (C=O) groups is 1. The Morgan fingerprint density at radius 3 is 2.55 bits per heavy atom. The Balaban J connectivity index is 1.92. The maximum atomic E-state index is 13.1. The lowest BCUT2D eigenvalue weighted by atomic mass is 10.0. The van der Waals surface area contributed by atoms with Crippen molar-refractivity contribution in [3.63, 3.8) is 0 Å². The van der Waals surface area contributed by atoms with Gasteiger partial charge in [0.25, 0.3) is 0 Å². The molecule has 0 bridgehead atoms. The van der Waals surface area contributed by atoms with E-state index in [0.29, 0.717) is 38.3 Å². The number of hydrogen-bond donors (Lipinski definition) is 0. The van der Waals surface area contributed by atoms with Crippen molar-refractivity contribution in [2.24, 2.45) is 5.41 Å². The van der Waals surface area contributed by atoms with Crippen LogP contribution in [0.25, 0.3) is 0 Å². The maximum absolute atomic E-state index is 13.1. The number of halogens is 3. The molecular weight excluding hydrogens is 330 g/mol. The van der Waals surface area contributed by atoms with Gasteiger partial charge in [0.05, 0.1) is 11.6 Å². The molecule has 1 atom stereocenters. The lowest BCUT2D eigenvalue weighted by Gasteiger charge is -2.35. The van der Waals surface area contributed by atoms with Crippen LogP contribution in [0.3, 0.4) is 0 Å². The van der Waals surface area contributed by atoms with Gasteiger partial charge in [-0.3, -0.25) is 9.69 Å². The molecule has 0 N–H and O–H groups in total. The largest absolute Gasteiger partial charge is 0.381 e. The number of ether oxygens (including phenoxy) is 1. The number of nitrogens with zero attached hydrogens (tertiary/aromatic N) is 2. The Labute approximate surface area is 138 Å². The molecule has 1 aliphatic heterocycles. The molecule has 22 heavy (non-hydrogen) atoms. The van der Waals surface area contributed by atoms with Gasteiger partial charge in [0.15, 0.2) is 0 Å².